The smallest absolute Gasteiger partial charge is 0.253 e. The Balaban J connectivity index is 1.17. The summed E-state index contributed by atoms with van der Waals surface area (Å²) in [4.78, 5) is 34.0. The predicted octanol–water partition coefficient (Wildman–Crippen LogP) is 5.31. The average molecular weight is 506 g/mol. The molecule has 186 valence electrons. The fourth-order valence-electron chi connectivity index (χ4n) is 5.02. The van der Waals surface area contributed by atoms with E-state index in [1.54, 1.807) is 54.6 Å². The van der Waals surface area contributed by atoms with Gasteiger partial charge in [-0.3, -0.25) is 9.59 Å². The molecule has 3 heterocycles. The molecule has 2 aliphatic rings. The Hall–Kier alpha value is -3.58. The van der Waals surface area contributed by atoms with E-state index in [0.717, 1.165) is 24.8 Å². The van der Waals surface area contributed by atoms with Crippen LogP contribution in [-0.2, 0) is 0 Å². The van der Waals surface area contributed by atoms with Crippen LogP contribution in [0.3, 0.4) is 0 Å². The Morgan fingerprint density at radius 3 is 2.19 bits per heavy atom. The number of phenolic OH excluding ortho intramolecular Hbond substituents is 1. The maximum absolute atomic E-state index is 13.2. The lowest BCUT2D eigenvalue weighted by Gasteiger charge is -2.39. The first-order valence-electron chi connectivity index (χ1n) is 12.1. The van der Waals surface area contributed by atoms with Gasteiger partial charge in [-0.2, -0.15) is 0 Å². The zero-order valence-electron chi connectivity index (χ0n) is 20.1. The van der Waals surface area contributed by atoms with Crippen LogP contribution in [0.1, 0.15) is 45.5 Å². The molecule has 2 aromatic carbocycles. The Kier molecular flexibility index (Phi) is 6.58. The molecule has 8 heteroatoms. The monoisotopic (exact) mass is 505 g/mol. The summed E-state index contributed by atoms with van der Waals surface area (Å²) < 4.78 is 5.72. The van der Waals surface area contributed by atoms with Gasteiger partial charge in [0.2, 0.25) is 5.88 Å². The number of amides is 2. The van der Waals surface area contributed by atoms with Crippen LogP contribution in [0.5, 0.6) is 17.4 Å². The lowest BCUT2D eigenvalue weighted by molar-refractivity contribution is 0.0565. The average Bonchev–Trinajstić information content (AvgIpc) is 3.30. The molecule has 0 bridgehead atoms. The van der Waals surface area contributed by atoms with Gasteiger partial charge >= 0.3 is 0 Å². The molecule has 2 saturated heterocycles. The van der Waals surface area contributed by atoms with Crippen molar-refractivity contribution in [3.05, 3.63) is 82.5 Å². The molecule has 0 aliphatic carbocycles. The number of pyridine rings is 1. The number of carbonyl (C=O) groups excluding carboxylic acids is 2. The third kappa shape index (κ3) is 5.02. The van der Waals surface area contributed by atoms with Gasteiger partial charge in [-0.05, 0) is 79.6 Å². The summed E-state index contributed by atoms with van der Waals surface area (Å²) >= 11 is 5.86. The molecular weight excluding hydrogens is 478 g/mol. The van der Waals surface area contributed by atoms with Crippen LogP contribution < -0.4 is 4.74 Å². The van der Waals surface area contributed by atoms with Gasteiger partial charge in [0, 0.05) is 49.6 Å². The normalized spacial score (nSPS) is 16.8. The standard InChI is InChI=1S/C28H28ClN3O4/c1-19-2-3-21(16-24(19)33)27(35)31-13-10-28(11-14-31)12-15-32(18-28)26(34)20-4-7-23(8-5-20)36-25-9-6-22(29)17-30-25/h2-9,16-17,33H,10-15,18H2,1H3. The van der Waals surface area contributed by atoms with Crippen molar-refractivity contribution in [3.8, 4) is 17.4 Å². The van der Waals surface area contributed by atoms with E-state index in [1.165, 1.54) is 6.20 Å². The Morgan fingerprint density at radius 2 is 1.56 bits per heavy atom. The number of aromatic nitrogens is 1. The highest BCUT2D eigenvalue weighted by atomic mass is 35.5. The quantitative estimate of drug-likeness (QED) is 0.519. The Morgan fingerprint density at radius 1 is 0.917 bits per heavy atom. The molecule has 7 nitrogen and oxygen atoms in total. The maximum Gasteiger partial charge on any atom is 0.253 e. The van der Waals surface area contributed by atoms with E-state index in [-0.39, 0.29) is 23.0 Å². The number of rotatable bonds is 4. The van der Waals surface area contributed by atoms with E-state index < -0.39 is 0 Å². The minimum absolute atomic E-state index is 0.0108. The summed E-state index contributed by atoms with van der Waals surface area (Å²) in [6.45, 7) is 4.53. The minimum atomic E-state index is -0.0535. The van der Waals surface area contributed by atoms with Crippen LogP contribution in [0.2, 0.25) is 5.02 Å². The number of benzene rings is 2. The van der Waals surface area contributed by atoms with Gasteiger partial charge in [-0.25, -0.2) is 4.98 Å². The van der Waals surface area contributed by atoms with Crippen molar-refractivity contribution in [2.75, 3.05) is 26.2 Å². The van der Waals surface area contributed by atoms with Crippen molar-refractivity contribution in [2.45, 2.75) is 26.2 Å². The first kappa shape index (κ1) is 24.1. The van der Waals surface area contributed by atoms with Crippen LogP contribution in [0.4, 0.5) is 0 Å². The van der Waals surface area contributed by atoms with Crippen molar-refractivity contribution in [2.24, 2.45) is 5.41 Å². The second-order valence-electron chi connectivity index (χ2n) is 9.71. The lowest BCUT2D eigenvalue weighted by atomic mass is 9.77. The first-order chi connectivity index (χ1) is 17.3. The van der Waals surface area contributed by atoms with E-state index in [1.807, 2.05) is 16.7 Å². The van der Waals surface area contributed by atoms with E-state index in [4.69, 9.17) is 16.3 Å². The second kappa shape index (κ2) is 9.82. The zero-order valence-corrected chi connectivity index (χ0v) is 20.9. The zero-order chi connectivity index (χ0) is 25.3. The molecule has 1 aromatic heterocycles. The van der Waals surface area contributed by atoms with Crippen LogP contribution in [-0.4, -0.2) is 57.9 Å². The molecule has 1 spiro atoms. The number of likely N-dealkylation sites (tertiary alicyclic amines) is 2. The third-order valence-electron chi connectivity index (χ3n) is 7.32. The number of ether oxygens (including phenoxy) is 1. The van der Waals surface area contributed by atoms with Crippen molar-refractivity contribution in [1.29, 1.82) is 0 Å². The lowest BCUT2D eigenvalue weighted by Crippen LogP contribution is -2.44. The summed E-state index contributed by atoms with van der Waals surface area (Å²) in [6.07, 6.45) is 4.18. The summed E-state index contributed by atoms with van der Waals surface area (Å²) in [5.41, 5.74) is 1.93. The number of carbonyl (C=O) groups is 2. The van der Waals surface area contributed by atoms with E-state index >= 15 is 0 Å². The maximum atomic E-state index is 13.2. The minimum Gasteiger partial charge on any atom is -0.508 e. The number of phenols is 1. The molecule has 0 radical (unpaired) electrons. The number of piperidine rings is 1. The molecule has 0 saturated carbocycles. The number of hydrogen-bond donors (Lipinski definition) is 1. The molecule has 0 unspecified atom stereocenters. The SMILES string of the molecule is Cc1ccc(C(=O)N2CCC3(CC2)CCN(C(=O)c2ccc(Oc4ccc(Cl)cn4)cc2)C3)cc1O. The molecule has 2 aliphatic heterocycles. The molecule has 36 heavy (non-hydrogen) atoms. The number of hydrogen-bond acceptors (Lipinski definition) is 5. The van der Waals surface area contributed by atoms with Crippen LogP contribution in [0.15, 0.2) is 60.8 Å². The predicted molar refractivity (Wildman–Crippen MR) is 137 cm³/mol. The summed E-state index contributed by atoms with van der Waals surface area (Å²) in [5.74, 6) is 1.13. The second-order valence-corrected chi connectivity index (χ2v) is 10.1. The largest absolute Gasteiger partial charge is 0.508 e. The summed E-state index contributed by atoms with van der Waals surface area (Å²) in [7, 11) is 0. The molecular formula is C28H28ClN3O4. The van der Waals surface area contributed by atoms with Crippen molar-refractivity contribution >= 4 is 23.4 Å². The topological polar surface area (TPSA) is 83.0 Å². The molecule has 0 atom stereocenters. The van der Waals surface area contributed by atoms with Gasteiger partial charge in [0.15, 0.2) is 0 Å². The number of aryl methyl sites for hydroxylation is 1. The number of aromatic hydroxyl groups is 1. The molecule has 1 N–H and O–H groups in total. The number of halogens is 1. The molecule has 3 aromatic rings. The van der Waals surface area contributed by atoms with Gasteiger partial charge in [-0.15, -0.1) is 0 Å². The highest BCUT2D eigenvalue weighted by Gasteiger charge is 2.43. The third-order valence-corrected chi connectivity index (χ3v) is 7.54. The van der Waals surface area contributed by atoms with Crippen molar-refractivity contribution in [3.63, 3.8) is 0 Å². The summed E-state index contributed by atoms with van der Waals surface area (Å²) in [6, 6.07) is 15.5. The van der Waals surface area contributed by atoms with Gasteiger partial charge in [-0.1, -0.05) is 17.7 Å². The first-order valence-corrected chi connectivity index (χ1v) is 12.5. The van der Waals surface area contributed by atoms with Gasteiger partial charge < -0.3 is 19.6 Å². The van der Waals surface area contributed by atoms with Gasteiger partial charge in [0.1, 0.15) is 11.5 Å². The van der Waals surface area contributed by atoms with Crippen LogP contribution in [0.25, 0.3) is 0 Å². The fraction of sp³-hybridized carbons (Fsp3) is 0.321. The molecule has 5 rings (SSSR count). The molecule has 2 fully saturated rings. The Labute approximate surface area is 215 Å². The van der Waals surface area contributed by atoms with Crippen LogP contribution >= 0.6 is 11.6 Å². The van der Waals surface area contributed by atoms with Crippen molar-refractivity contribution < 1.29 is 19.4 Å². The van der Waals surface area contributed by atoms with E-state index in [2.05, 4.69) is 4.98 Å². The highest BCUT2D eigenvalue weighted by molar-refractivity contribution is 6.30. The number of nitrogens with zero attached hydrogens (tertiary/aromatic N) is 3. The summed E-state index contributed by atoms with van der Waals surface area (Å²) in [5, 5.41) is 10.5. The highest BCUT2D eigenvalue weighted by Crippen LogP contribution is 2.41. The van der Waals surface area contributed by atoms with Gasteiger partial charge in [0.05, 0.1) is 5.02 Å². The van der Waals surface area contributed by atoms with Crippen LogP contribution in [0, 0.1) is 12.3 Å². The van der Waals surface area contributed by atoms with Crippen molar-refractivity contribution in [1.82, 2.24) is 14.8 Å². The van der Waals surface area contributed by atoms with Gasteiger partial charge in [0.25, 0.3) is 11.8 Å². The van der Waals surface area contributed by atoms with E-state index in [9.17, 15) is 14.7 Å². The molecule has 2 amide bonds. The fourth-order valence-corrected chi connectivity index (χ4v) is 5.13. The van der Waals surface area contributed by atoms with E-state index in [0.29, 0.717) is 54.0 Å². The Bertz CT molecular complexity index is 1270.